The van der Waals surface area contributed by atoms with E-state index < -0.39 is 19.1 Å². The third-order valence-corrected chi connectivity index (χ3v) is 7.20. The van der Waals surface area contributed by atoms with E-state index in [4.69, 9.17) is 16.3 Å². The van der Waals surface area contributed by atoms with Gasteiger partial charge in [-0.1, -0.05) is 11.6 Å². The molecule has 2 aromatic rings. The molecular weight excluding hydrogens is 489 g/mol. The number of carbonyl (C=O) groups excluding carboxylic acids is 2. The van der Waals surface area contributed by atoms with Crippen LogP contribution in [0.5, 0.6) is 5.75 Å². The zero-order valence-corrected chi connectivity index (χ0v) is 19.7. The van der Waals surface area contributed by atoms with E-state index in [9.17, 15) is 22.8 Å². The predicted molar refractivity (Wildman–Crippen MR) is 120 cm³/mol. The third-order valence-electron chi connectivity index (χ3n) is 6.96. The Kier molecular flexibility index (Phi) is 5.75. The number of nitrogens with zero attached hydrogens (tertiary/aromatic N) is 3. The first kappa shape index (κ1) is 23.9. The number of halogens is 4. The van der Waals surface area contributed by atoms with E-state index in [0.717, 1.165) is 5.69 Å². The second-order valence-corrected chi connectivity index (χ2v) is 10.0. The second-order valence-electron chi connectivity index (χ2n) is 9.61. The van der Waals surface area contributed by atoms with Crippen LogP contribution in [0.3, 0.4) is 0 Å². The van der Waals surface area contributed by atoms with E-state index >= 15 is 0 Å². The van der Waals surface area contributed by atoms with E-state index in [1.165, 1.54) is 0 Å². The highest BCUT2D eigenvalue weighted by atomic mass is 35.5. The molecular formula is C23H24ClF3N4O4. The molecule has 1 atom stereocenters. The third kappa shape index (κ3) is 4.58. The first-order valence-electron chi connectivity index (χ1n) is 11.3. The van der Waals surface area contributed by atoms with Crippen molar-refractivity contribution in [2.24, 2.45) is 0 Å². The van der Waals surface area contributed by atoms with E-state index in [1.807, 2.05) is 15.8 Å². The number of ether oxygens (including phenoxy) is 2. The van der Waals surface area contributed by atoms with Gasteiger partial charge in [0.25, 0.3) is 5.91 Å². The molecule has 1 aliphatic heterocycles. The molecule has 3 aliphatic carbocycles. The number of alkyl halides is 3. The van der Waals surface area contributed by atoms with Crippen LogP contribution < -0.4 is 15.0 Å². The highest BCUT2D eigenvalue weighted by Gasteiger charge is 2.70. The van der Waals surface area contributed by atoms with E-state index in [-0.39, 0.29) is 35.6 Å². The van der Waals surface area contributed by atoms with Crippen molar-refractivity contribution in [2.45, 2.75) is 55.6 Å². The SMILES string of the molecule is CN(CCCOC(F)(F)F)c1cnn(C23CC(NC(=O)[C@H]4CC(=O)c5cc(Cl)ccc5O4)(C2)C3)c1. The highest BCUT2D eigenvalue weighted by molar-refractivity contribution is 6.31. The molecule has 6 rings (SSSR count). The van der Waals surface area contributed by atoms with Crippen LogP contribution >= 0.6 is 11.6 Å². The minimum absolute atomic E-state index is 0.0384. The Morgan fingerprint density at radius 2 is 2.11 bits per heavy atom. The van der Waals surface area contributed by atoms with Gasteiger partial charge in [0.1, 0.15) is 5.75 Å². The van der Waals surface area contributed by atoms with Gasteiger partial charge in [0, 0.05) is 30.4 Å². The highest BCUT2D eigenvalue weighted by Crippen LogP contribution is 2.65. The molecule has 0 spiro atoms. The number of rotatable bonds is 8. The number of amides is 1. The monoisotopic (exact) mass is 512 g/mol. The number of fused-ring (bicyclic) bond motifs is 1. The van der Waals surface area contributed by atoms with Crippen molar-refractivity contribution in [3.8, 4) is 5.75 Å². The molecule has 188 valence electrons. The van der Waals surface area contributed by atoms with Gasteiger partial charge in [-0.05, 0) is 43.9 Å². The van der Waals surface area contributed by atoms with Crippen LogP contribution in [-0.2, 0) is 15.1 Å². The minimum atomic E-state index is -4.61. The number of aromatic nitrogens is 2. The molecule has 3 fully saturated rings. The molecule has 3 saturated carbocycles. The molecule has 0 unspecified atom stereocenters. The maximum atomic E-state index is 12.9. The van der Waals surface area contributed by atoms with Gasteiger partial charge < -0.3 is 15.0 Å². The van der Waals surface area contributed by atoms with Crippen molar-refractivity contribution in [3.63, 3.8) is 0 Å². The fourth-order valence-corrected chi connectivity index (χ4v) is 5.45. The summed E-state index contributed by atoms with van der Waals surface area (Å²) in [6, 6.07) is 4.76. The van der Waals surface area contributed by atoms with Gasteiger partial charge >= 0.3 is 6.36 Å². The summed E-state index contributed by atoms with van der Waals surface area (Å²) in [7, 11) is 1.79. The summed E-state index contributed by atoms with van der Waals surface area (Å²) in [6.07, 6.45) is 0.383. The molecule has 1 aromatic carbocycles. The lowest BCUT2D eigenvalue weighted by Crippen LogP contribution is -2.79. The Morgan fingerprint density at radius 3 is 2.83 bits per heavy atom. The molecule has 1 amide bonds. The number of nitrogens with one attached hydrogen (secondary N) is 1. The van der Waals surface area contributed by atoms with Gasteiger partial charge in [-0.2, -0.15) is 5.10 Å². The van der Waals surface area contributed by atoms with E-state index in [2.05, 4.69) is 15.2 Å². The first-order chi connectivity index (χ1) is 16.5. The Balaban J connectivity index is 1.12. The van der Waals surface area contributed by atoms with Gasteiger partial charge in [-0.15, -0.1) is 13.2 Å². The summed E-state index contributed by atoms with van der Waals surface area (Å²) < 4.78 is 47.7. The van der Waals surface area contributed by atoms with Crippen molar-refractivity contribution in [1.29, 1.82) is 0 Å². The standard InChI is InChI=1S/C23H24ClF3N4O4/c1-30(5-2-6-34-23(25,26)27)15-9-28-31(10-15)22-11-21(12-22,13-22)29-20(33)19-8-17(32)16-7-14(24)3-4-18(16)35-19/h3-4,7,9-10,19H,2,5-6,8,11-13H2,1H3,(H,29,33)/t19-,21?,22?/m1/s1. The summed E-state index contributed by atoms with van der Waals surface area (Å²) in [4.78, 5) is 27.1. The summed E-state index contributed by atoms with van der Waals surface area (Å²) >= 11 is 5.95. The lowest BCUT2D eigenvalue weighted by molar-refractivity contribution is -0.324. The van der Waals surface area contributed by atoms with Gasteiger partial charge in [-0.25, -0.2) is 0 Å². The summed E-state index contributed by atoms with van der Waals surface area (Å²) in [5.41, 5.74) is 0.667. The number of hydrogen-bond donors (Lipinski definition) is 1. The first-order valence-corrected chi connectivity index (χ1v) is 11.6. The van der Waals surface area contributed by atoms with Crippen LogP contribution in [0.4, 0.5) is 18.9 Å². The van der Waals surface area contributed by atoms with Crippen LogP contribution in [0.15, 0.2) is 30.6 Å². The number of benzene rings is 1. The van der Waals surface area contributed by atoms with Crippen LogP contribution in [-0.4, -0.2) is 59.7 Å². The average Bonchev–Trinajstić information content (AvgIpc) is 3.22. The zero-order valence-electron chi connectivity index (χ0n) is 18.9. The zero-order chi connectivity index (χ0) is 25.0. The van der Waals surface area contributed by atoms with Crippen molar-refractivity contribution >= 4 is 29.0 Å². The smallest absolute Gasteiger partial charge is 0.479 e. The fourth-order valence-electron chi connectivity index (χ4n) is 5.28. The molecule has 4 aliphatic rings. The lowest BCUT2D eigenvalue weighted by atomic mass is 9.44. The predicted octanol–water partition coefficient (Wildman–Crippen LogP) is 3.68. The fraction of sp³-hybridized carbons (Fsp3) is 0.522. The van der Waals surface area contributed by atoms with E-state index in [1.54, 1.807) is 31.4 Å². The number of hydrogen-bond acceptors (Lipinski definition) is 6. The molecule has 0 saturated heterocycles. The molecule has 2 bridgehead atoms. The minimum Gasteiger partial charge on any atom is -0.479 e. The quantitative estimate of drug-likeness (QED) is 0.543. The number of Topliss-reactive ketones (excluding diaryl/α,β-unsaturated/α-hetero) is 1. The number of ketones is 1. The molecule has 35 heavy (non-hydrogen) atoms. The van der Waals surface area contributed by atoms with Gasteiger partial charge in [0.05, 0.1) is 36.0 Å². The van der Waals surface area contributed by atoms with Gasteiger partial charge in [0.15, 0.2) is 11.9 Å². The summed E-state index contributed by atoms with van der Waals surface area (Å²) in [5.74, 6) is -0.131. The Hall–Kier alpha value is -2.79. The molecule has 1 aromatic heterocycles. The van der Waals surface area contributed by atoms with Crippen LogP contribution in [0.1, 0.15) is 42.5 Å². The number of carbonyl (C=O) groups is 2. The van der Waals surface area contributed by atoms with Crippen LogP contribution in [0.25, 0.3) is 0 Å². The summed E-state index contributed by atoms with van der Waals surface area (Å²) in [5, 5.41) is 7.95. The van der Waals surface area contributed by atoms with Crippen molar-refractivity contribution in [2.75, 3.05) is 25.1 Å². The van der Waals surface area contributed by atoms with Crippen LogP contribution in [0.2, 0.25) is 5.02 Å². The molecule has 1 N–H and O–H groups in total. The second kappa shape index (κ2) is 8.41. The normalized spacial score (nSPS) is 26.8. The van der Waals surface area contributed by atoms with Gasteiger partial charge in [-0.3, -0.25) is 19.0 Å². The molecule has 0 radical (unpaired) electrons. The maximum Gasteiger partial charge on any atom is 0.522 e. The largest absolute Gasteiger partial charge is 0.522 e. The molecule has 8 nitrogen and oxygen atoms in total. The summed E-state index contributed by atoms with van der Waals surface area (Å²) in [6.45, 7) is -0.00597. The lowest BCUT2D eigenvalue weighted by Gasteiger charge is -2.70. The number of anilines is 1. The van der Waals surface area contributed by atoms with Gasteiger partial charge in [0.2, 0.25) is 0 Å². The topological polar surface area (TPSA) is 85.7 Å². The molecule has 2 heterocycles. The van der Waals surface area contributed by atoms with Crippen molar-refractivity contribution < 1.29 is 32.2 Å². The molecule has 12 heteroatoms. The Bertz CT molecular complexity index is 1150. The van der Waals surface area contributed by atoms with Crippen LogP contribution in [0, 0.1) is 0 Å². The van der Waals surface area contributed by atoms with E-state index in [0.29, 0.717) is 42.1 Å². The van der Waals surface area contributed by atoms with Crippen molar-refractivity contribution in [1.82, 2.24) is 15.1 Å². The Labute approximate surface area is 204 Å². The Morgan fingerprint density at radius 1 is 1.37 bits per heavy atom. The average molecular weight is 513 g/mol. The van der Waals surface area contributed by atoms with Crippen molar-refractivity contribution in [3.05, 3.63) is 41.2 Å². The maximum absolute atomic E-state index is 12.9.